The van der Waals surface area contributed by atoms with Crippen LogP contribution in [0, 0.1) is 10.1 Å². The topological polar surface area (TPSA) is 72.2 Å². The number of hydrogen-bond acceptors (Lipinski definition) is 4. The molecule has 0 amide bonds. The van der Waals surface area contributed by atoms with Gasteiger partial charge < -0.3 is 5.32 Å². The van der Waals surface area contributed by atoms with Gasteiger partial charge in [0.05, 0.1) is 4.92 Å². The van der Waals surface area contributed by atoms with Gasteiger partial charge in [0, 0.05) is 52.0 Å². The Hall–Kier alpha value is -0.790. The van der Waals surface area contributed by atoms with Crippen LogP contribution in [-0.2, 0) is 17.3 Å². The number of rotatable bonds is 6. The fourth-order valence-corrected chi connectivity index (χ4v) is 2.82. The van der Waals surface area contributed by atoms with Crippen LogP contribution in [0.2, 0.25) is 0 Å². The molecule has 2 atom stereocenters. The van der Waals surface area contributed by atoms with Gasteiger partial charge in [-0.05, 0) is 18.6 Å². The summed E-state index contributed by atoms with van der Waals surface area (Å²) in [6, 6.07) is 4.81. The molecule has 18 heavy (non-hydrogen) atoms. The van der Waals surface area contributed by atoms with Crippen molar-refractivity contribution in [3.05, 3.63) is 38.3 Å². The third kappa shape index (κ3) is 4.83. The molecule has 100 valence electrons. The molecule has 0 heterocycles. The predicted octanol–water partition coefficient (Wildman–Crippen LogP) is 2.21. The van der Waals surface area contributed by atoms with Crippen LogP contribution in [0.5, 0.6) is 0 Å². The Morgan fingerprint density at radius 2 is 2.22 bits per heavy atom. The van der Waals surface area contributed by atoms with Crippen LogP contribution < -0.4 is 5.32 Å². The molecule has 0 aliphatic carbocycles. The molecular formula is C11H15BrN2O3S. The van der Waals surface area contributed by atoms with Crippen molar-refractivity contribution in [1.29, 1.82) is 0 Å². The van der Waals surface area contributed by atoms with Crippen LogP contribution in [0.25, 0.3) is 0 Å². The Morgan fingerprint density at radius 3 is 2.72 bits per heavy atom. The fraction of sp³-hybridized carbons (Fsp3) is 0.455. The predicted molar refractivity (Wildman–Crippen MR) is 76.0 cm³/mol. The lowest BCUT2D eigenvalue weighted by Gasteiger charge is -2.13. The molecule has 1 rings (SSSR count). The summed E-state index contributed by atoms with van der Waals surface area (Å²) >= 11 is 3.31. The van der Waals surface area contributed by atoms with E-state index >= 15 is 0 Å². The van der Waals surface area contributed by atoms with Gasteiger partial charge in [0.25, 0.3) is 5.69 Å². The van der Waals surface area contributed by atoms with E-state index in [1.165, 1.54) is 12.1 Å². The highest BCUT2D eigenvalue weighted by atomic mass is 79.9. The van der Waals surface area contributed by atoms with E-state index < -0.39 is 15.7 Å². The Balaban J connectivity index is 2.63. The number of nitro groups is 1. The molecule has 0 bridgehead atoms. The van der Waals surface area contributed by atoms with Crippen molar-refractivity contribution < 1.29 is 9.13 Å². The molecule has 1 aromatic rings. The minimum atomic E-state index is -0.832. The second kappa shape index (κ2) is 6.96. The summed E-state index contributed by atoms with van der Waals surface area (Å²) in [7, 11) is -0.832. The molecule has 5 nitrogen and oxygen atoms in total. The van der Waals surface area contributed by atoms with Crippen molar-refractivity contribution in [2.24, 2.45) is 0 Å². The largest absolute Gasteiger partial charge is 0.309 e. The van der Waals surface area contributed by atoms with Crippen LogP contribution in [-0.4, -0.2) is 27.2 Å². The van der Waals surface area contributed by atoms with Gasteiger partial charge in [-0.1, -0.05) is 15.9 Å². The molecular weight excluding hydrogens is 320 g/mol. The van der Waals surface area contributed by atoms with Gasteiger partial charge in [-0.25, -0.2) is 0 Å². The van der Waals surface area contributed by atoms with Gasteiger partial charge >= 0.3 is 0 Å². The first kappa shape index (κ1) is 15.3. The zero-order valence-electron chi connectivity index (χ0n) is 10.2. The first-order valence-corrected chi connectivity index (χ1v) is 7.88. The van der Waals surface area contributed by atoms with Crippen LogP contribution in [0.4, 0.5) is 5.69 Å². The van der Waals surface area contributed by atoms with E-state index in [4.69, 9.17) is 0 Å². The zero-order valence-corrected chi connectivity index (χ0v) is 12.6. The SMILES string of the molecule is CC(CS(C)=O)NCc1ccc([N+](=O)[O-])cc1Br. The highest BCUT2D eigenvalue weighted by Crippen LogP contribution is 2.22. The van der Waals surface area contributed by atoms with Crippen molar-refractivity contribution >= 4 is 32.4 Å². The van der Waals surface area contributed by atoms with Crippen LogP contribution >= 0.6 is 15.9 Å². The summed E-state index contributed by atoms with van der Waals surface area (Å²) in [5.74, 6) is 0.588. The van der Waals surface area contributed by atoms with Gasteiger partial charge in [0.15, 0.2) is 0 Å². The van der Waals surface area contributed by atoms with Gasteiger partial charge in [-0.3, -0.25) is 14.3 Å². The highest BCUT2D eigenvalue weighted by molar-refractivity contribution is 9.10. The van der Waals surface area contributed by atoms with Gasteiger partial charge in [-0.15, -0.1) is 0 Å². The molecule has 2 unspecified atom stereocenters. The van der Waals surface area contributed by atoms with Crippen LogP contribution in [0.15, 0.2) is 22.7 Å². The molecule has 0 fully saturated rings. The first-order chi connectivity index (χ1) is 8.40. The van der Waals surface area contributed by atoms with E-state index in [-0.39, 0.29) is 11.7 Å². The van der Waals surface area contributed by atoms with E-state index in [0.717, 1.165) is 5.56 Å². The standard InChI is InChI=1S/C11H15BrN2O3S/c1-8(7-18(2)17)13-6-9-3-4-10(14(15)16)5-11(9)12/h3-5,8,13H,6-7H2,1-2H3. The Bertz CT molecular complexity index is 468. The Labute approximate surface area is 117 Å². The van der Waals surface area contributed by atoms with Crippen molar-refractivity contribution in [2.75, 3.05) is 12.0 Å². The first-order valence-electron chi connectivity index (χ1n) is 5.36. The molecule has 7 heteroatoms. The third-order valence-corrected chi connectivity index (χ3v) is 4.08. The summed E-state index contributed by atoms with van der Waals surface area (Å²) in [5, 5.41) is 13.8. The number of halogens is 1. The smallest absolute Gasteiger partial charge is 0.270 e. The molecule has 0 saturated heterocycles. The highest BCUT2D eigenvalue weighted by Gasteiger charge is 2.10. The number of benzene rings is 1. The Kier molecular flexibility index (Phi) is 5.90. The van der Waals surface area contributed by atoms with Crippen molar-refractivity contribution in [3.63, 3.8) is 0 Å². The van der Waals surface area contributed by atoms with E-state index in [2.05, 4.69) is 21.2 Å². The molecule has 1 aromatic carbocycles. The summed E-state index contributed by atoms with van der Waals surface area (Å²) in [6.45, 7) is 2.54. The van der Waals surface area contributed by atoms with Gasteiger partial charge in [0.1, 0.15) is 0 Å². The number of nitro benzene ring substituents is 1. The summed E-state index contributed by atoms with van der Waals surface area (Å²) in [6.07, 6.45) is 1.67. The molecule has 0 aliphatic rings. The summed E-state index contributed by atoms with van der Waals surface area (Å²) in [4.78, 5) is 10.2. The van der Waals surface area contributed by atoms with Crippen molar-refractivity contribution in [2.45, 2.75) is 19.5 Å². The van der Waals surface area contributed by atoms with Crippen LogP contribution in [0.3, 0.4) is 0 Å². The van der Waals surface area contributed by atoms with Crippen LogP contribution in [0.1, 0.15) is 12.5 Å². The maximum Gasteiger partial charge on any atom is 0.270 e. The van der Waals surface area contributed by atoms with Gasteiger partial charge in [0.2, 0.25) is 0 Å². The second-order valence-electron chi connectivity index (χ2n) is 4.05. The molecule has 0 aliphatic heterocycles. The van der Waals surface area contributed by atoms with E-state index in [1.807, 2.05) is 6.92 Å². The third-order valence-electron chi connectivity index (χ3n) is 2.37. The zero-order chi connectivity index (χ0) is 13.7. The normalized spacial score (nSPS) is 14.2. The van der Waals surface area contributed by atoms with Crippen molar-refractivity contribution in [1.82, 2.24) is 5.32 Å². The molecule has 0 saturated carbocycles. The molecule has 1 N–H and O–H groups in total. The van der Waals surface area contributed by atoms with Crippen molar-refractivity contribution in [3.8, 4) is 0 Å². The lowest BCUT2D eigenvalue weighted by atomic mass is 10.2. The average molecular weight is 335 g/mol. The maximum atomic E-state index is 11.0. The Morgan fingerprint density at radius 1 is 1.56 bits per heavy atom. The average Bonchev–Trinajstić information content (AvgIpc) is 2.26. The minimum absolute atomic E-state index is 0.0633. The van der Waals surface area contributed by atoms with E-state index in [0.29, 0.717) is 16.8 Å². The second-order valence-corrected chi connectivity index (χ2v) is 6.39. The number of nitrogens with one attached hydrogen (secondary N) is 1. The van der Waals surface area contributed by atoms with E-state index in [9.17, 15) is 14.3 Å². The molecule has 0 radical (unpaired) electrons. The lowest BCUT2D eigenvalue weighted by Crippen LogP contribution is -2.30. The number of hydrogen-bond donors (Lipinski definition) is 1. The number of non-ortho nitro benzene ring substituents is 1. The monoisotopic (exact) mass is 334 g/mol. The lowest BCUT2D eigenvalue weighted by molar-refractivity contribution is -0.384. The van der Waals surface area contributed by atoms with E-state index in [1.54, 1.807) is 12.3 Å². The fourth-order valence-electron chi connectivity index (χ4n) is 1.49. The maximum absolute atomic E-state index is 11.0. The molecule has 0 aromatic heterocycles. The summed E-state index contributed by atoms with van der Waals surface area (Å²) in [5.41, 5.74) is 1.00. The number of nitrogens with zero attached hydrogens (tertiary/aromatic N) is 1. The molecule has 0 spiro atoms. The van der Waals surface area contributed by atoms with Gasteiger partial charge in [-0.2, -0.15) is 0 Å². The quantitative estimate of drug-likeness (QED) is 0.639. The minimum Gasteiger partial charge on any atom is -0.309 e. The summed E-state index contributed by atoms with van der Waals surface area (Å²) < 4.78 is 11.7.